The number of carbonyl (C=O) groups is 2. The van der Waals surface area contributed by atoms with Gasteiger partial charge < -0.3 is 14.7 Å². The SMILES string of the molecule is Cc1ccc(C(=O)OCC(=O)N(C)Cc2ccccc2)c(O)c1. The lowest BCUT2D eigenvalue weighted by Gasteiger charge is -2.17. The lowest BCUT2D eigenvalue weighted by Crippen LogP contribution is -2.30. The van der Waals surface area contributed by atoms with E-state index in [0.29, 0.717) is 6.54 Å². The van der Waals surface area contributed by atoms with E-state index in [1.807, 2.05) is 30.3 Å². The molecule has 0 aliphatic heterocycles. The first-order valence-electron chi connectivity index (χ1n) is 7.22. The molecular weight excluding hydrogens is 294 g/mol. The average molecular weight is 313 g/mol. The van der Waals surface area contributed by atoms with Gasteiger partial charge in [-0.25, -0.2) is 4.79 Å². The van der Waals surface area contributed by atoms with Crippen molar-refractivity contribution in [3.63, 3.8) is 0 Å². The Morgan fingerprint density at radius 1 is 1.13 bits per heavy atom. The number of phenols is 1. The molecule has 0 aromatic heterocycles. The van der Waals surface area contributed by atoms with Gasteiger partial charge in [0.05, 0.1) is 0 Å². The molecule has 1 amide bonds. The van der Waals surface area contributed by atoms with Crippen LogP contribution >= 0.6 is 0 Å². The molecule has 0 aliphatic carbocycles. The van der Waals surface area contributed by atoms with E-state index in [0.717, 1.165) is 11.1 Å². The van der Waals surface area contributed by atoms with Gasteiger partial charge in [-0.1, -0.05) is 36.4 Å². The number of phenolic OH excluding ortho intramolecular Hbond substituents is 1. The van der Waals surface area contributed by atoms with Crippen molar-refractivity contribution in [2.45, 2.75) is 13.5 Å². The van der Waals surface area contributed by atoms with Crippen LogP contribution in [0.2, 0.25) is 0 Å². The fourth-order valence-corrected chi connectivity index (χ4v) is 2.07. The maximum atomic E-state index is 12.0. The van der Waals surface area contributed by atoms with Gasteiger partial charge in [0.15, 0.2) is 6.61 Å². The molecule has 0 heterocycles. The normalized spacial score (nSPS) is 10.2. The quantitative estimate of drug-likeness (QED) is 0.861. The van der Waals surface area contributed by atoms with E-state index in [1.54, 1.807) is 20.0 Å². The van der Waals surface area contributed by atoms with Crippen molar-refractivity contribution >= 4 is 11.9 Å². The van der Waals surface area contributed by atoms with Gasteiger partial charge >= 0.3 is 5.97 Å². The van der Waals surface area contributed by atoms with Crippen molar-refractivity contribution in [1.29, 1.82) is 0 Å². The fourth-order valence-electron chi connectivity index (χ4n) is 2.07. The molecule has 2 aromatic rings. The van der Waals surface area contributed by atoms with Gasteiger partial charge in [-0.2, -0.15) is 0 Å². The number of hydrogen-bond acceptors (Lipinski definition) is 4. The Morgan fingerprint density at radius 2 is 1.83 bits per heavy atom. The molecule has 5 nitrogen and oxygen atoms in total. The summed E-state index contributed by atoms with van der Waals surface area (Å²) >= 11 is 0. The number of aryl methyl sites for hydroxylation is 1. The largest absolute Gasteiger partial charge is 0.507 e. The summed E-state index contributed by atoms with van der Waals surface area (Å²) in [6.45, 7) is 1.87. The molecule has 1 N–H and O–H groups in total. The predicted molar refractivity (Wildman–Crippen MR) is 86.0 cm³/mol. The second-order valence-corrected chi connectivity index (χ2v) is 5.33. The molecule has 0 saturated heterocycles. The number of hydrogen-bond donors (Lipinski definition) is 1. The van der Waals surface area contributed by atoms with Gasteiger partial charge in [0.25, 0.3) is 5.91 Å². The molecule has 23 heavy (non-hydrogen) atoms. The first-order chi connectivity index (χ1) is 11.0. The Kier molecular flexibility index (Phi) is 5.36. The number of benzene rings is 2. The predicted octanol–water partition coefficient (Wildman–Crippen LogP) is 2.52. The van der Waals surface area contributed by atoms with Gasteiger partial charge in [-0.15, -0.1) is 0 Å². The zero-order chi connectivity index (χ0) is 16.8. The van der Waals surface area contributed by atoms with Crippen LogP contribution in [0.25, 0.3) is 0 Å². The second-order valence-electron chi connectivity index (χ2n) is 5.33. The number of nitrogens with zero attached hydrogens (tertiary/aromatic N) is 1. The van der Waals surface area contributed by atoms with Crippen molar-refractivity contribution in [3.8, 4) is 5.75 Å². The minimum atomic E-state index is -0.719. The summed E-state index contributed by atoms with van der Waals surface area (Å²) in [4.78, 5) is 25.4. The monoisotopic (exact) mass is 313 g/mol. The third kappa shape index (κ3) is 4.57. The second kappa shape index (κ2) is 7.45. The highest BCUT2D eigenvalue weighted by Gasteiger charge is 2.16. The molecule has 0 radical (unpaired) electrons. The van der Waals surface area contributed by atoms with E-state index in [4.69, 9.17) is 4.74 Å². The molecule has 2 rings (SSSR count). The van der Waals surface area contributed by atoms with Crippen LogP contribution in [0, 0.1) is 6.92 Å². The summed E-state index contributed by atoms with van der Waals surface area (Å²) in [6.07, 6.45) is 0. The van der Waals surface area contributed by atoms with E-state index < -0.39 is 5.97 Å². The summed E-state index contributed by atoms with van der Waals surface area (Å²) in [6, 6.07) is 14.2. The minimum Gasteiger partial charge on any atom is -0.507 e. The molecule has 0 unspecified atom stereocenters. The number of carbonyl (C=O) groups excluding carboxylic acids is 2. The highest BCUT2D eigenvalue weighted by molar-refractivity contribution is 5.93. The van der Waals surface area contributed by atoms with Crippen LogP contribution in [0.15, 0.2) is 48.5 Å². The van der Waals surface area contributed by atoms with Gasteiger partial charge in [-0.05, 0) is 30.2 Å². The number of ether oxygens (including phenoxy) is 1. The lowest BCUT2D eigenvalue weighted by atomic mass is 10.1. The number of likely N-dealkylation sites (N-methyl/N-ethyl adjacent to an activating group) is 1. The van der Waals surface area contributed by atoms with Crippen LogP contribution < -0.4 is 0 Å². The summed E-state index contributed by atoms with van der Waals surface area (Å²) in [7, 11) is 1.65. The highest BCUT2D eigenvalue weighted by atomic mass is 16.5. The Morgan fingerprint density at radius 3 is 2.48 bits per heavy atom. The molecule has 5 heteroatoms. The molecular formula is C18H19NO4. The lowest BCUT2D eigenvalue weighted by molar-refractivity contribution is -0.133. The van der Waals surface area contributed by atoms with Crippen molar-refractivity contribution in [1.82, 2.24) is 4.90 Å². The molecule has 0 fully saturated rings. The minimum absolute atomic E-state index is 0.0501. The van der Waals surface area contributed by atoms with Crippen LogP contribution in [-0.4, -0.2) is 35.5 Å². The average Bonchev–Trinajstić information content (AvgIpc) is 2.53. The molecule has 120 valence electrons. The van der Waals surface area contributed by atoms with Gasteiger partial charge in [0.1, 0.15) is 11.3 Å². The molecule has 0 aliphatic rings. The number of rotatable bonds is 5. The van der Waals surface area contributed by atoms with E-state index in [-0.39, 0.29) is 23.8 Å². The third-order valence-corrected chi connectivity index (χ3v) is 3.39. The van der Waals surface area contributed by atoms with Crippen molar-refractivity contribution in [3.05, 3.63) is 65.2 Å². The van der Waals surface area contributed by atoms with Crippen LogP contribution in [-0.2, 0) is 16.1 Å². The molecule has 0 atom stereocenters. The zero-order valence-electron chi connectivity index (χ0n) is 13.2. The maximum Gasteiger partial charge on any atom is 0.342 e. The van der Waals surface area contributed by atoms with Gasteiger partial charge in [-0.3, -0.25) is 4.79 Å². The van der Waals surface area contributed by atoms with Crippen LogP contribution in [0.4, 0.5) is 0 Å². The Balaban J connectivity index is 1.89. The highest BCUT2D eigenvalue weighted by Crippen LogP contribution is 2.19. The summed E-state index contributed by atoms with van der Waals surface area (Å²) < 4.78 is 4.98. The summed E-state index contributed by atoms with van der Waals surface area (Å²) in [5, 5.41) is 9.73. The maximum absolute atomic E-state index is 12.0. The van der Waals surface area contributed by atoms with Crippen molar-refractivity contribution in [2.24, 2.45) is 0 Å². The molecule has 0 spiro atoms. The number of amides is 1. The Bertz CT molecular complexity index is 697. The van der Waals surface area contributed by atoms with Crippen LogP contribution in [0.1, 0.15) is 21.5 Å². The van der Waals surface area contributed by atoms with Gasteiger partial charge in [0.2, 0.25) is 0 Å². The van der Waals surface area contributed by atoms with Crippen LogP contribution in [0.5, 0.6) is 5.75 Å². The number of aromatic hydroxyl groups is 1. The Labute approximate surface area is 135 Å². The molecule has 0 bridgehead atoms. The van der Waals surface area contributed by atoms with E-state index in [9.17, 15) is 14.7 Å². The van der Waals surface area contributed by atoms with Crippen molar-refractivity contribution < 1.29 is 19.4 Å². The third-order valence-electron chi connectivity index (χ3n) is 3.39. The van der Waals surface area contributed by atoms with Crippen molar-refractivity contribution in [2.75, 3.05) is 13.7 Å². The zero-order valence-corrected chi connectivity index (χ0v) is 13.2. The first kappa shape index (κ1) is 16.5. The van der Waals surface area contributed by atoms with E-state index >= 15 is 0 Å². The van der Waals surface area contributed by atoms with E-state index in [1.165, 1.54) is 17.0 Å². The topological polar surface area (TPSA) is 66.8 Å². The van der Waals surface area contributed by atoms with Gasteiger partial charge in [0, 0.05) is 13.6 Å². The molecule has 2 aromatic carbocycles. The summed E-state index contributed by atoms with van der Waals surface area (Å²) in [5.74, 6) is -1.18. The van der Waals surface area contributed by atoms with E-state index in [2.05, 4.69) is 0 Å². The smallest absolute Gasteiger partial charge is 0.342 e. The Hall–Kier alpha value is -2.82. The fraction of sp³-hybridized carbons (Fsp3) is 0.222. The number of esters is 1. The standard InChI is InChI=1S/C18H19NO4/c1-13-8-9-15(16(20)10-13)18(22)23-12-17(21)19(2)11-14-6-4-3-5-7-14/h3-10,20H,11-12H2,1-2H3. The van der Waals surface area contributed by atoms with Crippen LogP contribution in [0.3, 0.4) is 0 Å². The summed E-state index contributed by atoms with van der Waals surface area (Å²) in [5.41, 5.74) is 1.87. The first-order valence-corrected chi connectivity index (χ1v) is 7.22. The molecule has 0 saturated carbocycles.